The molecule has 6 aromatic rings. The molecule has 314 valence electrons. The highest BCUT2D eigenvalue weighted by Crippen LogP contribution is 2.53. The maximum atomic E-state index is 2.67. The molecule has 1 aliphatic rings. The van der Waals surface area contributed by atoms with E-state index in [0.29, 0.717) is 0 Å². The summed E-state index contributed by atoms with van der Waals surface area (Å²) in [7, 11) is -3.11. The molecule has 0 radical (unpaired) electrons. The number of rotatable bonds is 7. The third-order valence-corrected chi connectivity index (χ3v) is 22.6. The molecule has 0 amide bonds. The van der Waals surface area contributed by atoms with E-state index < -0.39 is 8.07 Å². The molecule has 0 heterocycles. The lowest BCUT2D eigenvalue weighted by Gasteiger charge is -2.47. The van der Waals surface area contributed by atoms with Crippen LogP contribution in [0, 0.1) is 104 Å². The summed E-state index contributed by atoms with van der Waals surface area (Å²) >= 11 is 0. The zero-order chi connectivity index (χ0) is 44.8. The van der Waals surface area contributed by atoms with Crippen molar-refractivity contribution >= 4 is 23.6 Å². The van der Waals surface area contributed by atoms with Crippen molar-refractivity contribution in [3.05, 3.63) is 179 Å². The van der Waals surface area contributed by atoms with Crippen LogP contribution in [0.25, 0.3) is 33.4 Å². The van der Waals surface area contributed by atoms with Crippen molar-refractivity contribution in [3.63, 3.8) is 0 Å². The molecular weight excluding hydrogens is 749 g/mol. The Balaban J connectivity index is 1.69. The van der Waals surface area contributed by atoms with Gasteiger partial charge in [0, 0.05) is 5.04 Å². The average molecular weight is 819 g/mol. The zero-order valence-corrected chi connectivity index (χ0v) is 42.0. The van der Waals surface area contributed by atoms with Gasteiger partial charge in [-0.25, -0.2) is 0 Å². The molecule has 1 atom stereocenters. The molecule has 61 heavy (non-hydrogen) atoms. The molecule has 0 saturated heterocycles. The Hall–Kier alpha value is -4.98. The van der Waals surface area contributed by atoms with Crippen LogP contribution in [0.4, 0.5) is 0 Å². The zero-order valence-electron chi connectivity index (χ0n) is 41.0. The van der Waals surface area contributed by atoms with Gasteiger partial charge in [0.05, 0.1) is 0 Å². The second-order valence-electron chi connectivity index (χ2n) is 19.3. The summed E-state index contributed by atoms with van der Waals surface area (Å²) in [5.74, 6) is 0. The minimum atomic E-state index is -3.11. The first-order valence-electron chi connectivity index (χ1n) is 22.5. The van der Waals surface area contributed by atoms with Crippen LogP contribution < -0.4 is 15.6 Å². The van der Waals surface area contributed by atoms with Crippen LogP contribution in [0.1, 0.15) is 111 Å². The topological polar surface area (TPSA) is 0 Å². The van der Waals surface area contributed by atoms with E-state index in [1.807, 2.05) is 0 Å². The Kier molecular flexibility index (Phi) is 11.4. The van der Waals surface area contributed by atoms with E-state index in [1.54, 1.807) is 0 Å². The monoisotopic (exact) mass is 819 g/mol. The molecule has 1 unspecified atom stereocenters. The van der Waals surface area contributed by atoms with Gasteiger partial charge in [-0.05, 0) is 263 Å². The molecule has 1 heteroatoms. The van der Waals surface area contributed by atoms with Crippen molar-refractivity contribution in [2.45, 2.75) is 137 Å². The molecule has 1 aliphatic carbocycles. The van der Waals surface area contributed by atoms with Crippen molar-refractivity contribution in [2.24, 2.45) is 0 Å². The number of hydrogen-bond acceptors (Lipinski definition) is 0. The summed E-state index contributed by atoms with van der Waals surface area (Å²) < 4.78 is 0. The second kappa shape index (κ2) is 15.7. The Morgan fingerprint density at radius 1 is 0.328 bits per heavy atom. The minimum absolute atomic E-state index is 0.271. The SMILES string of the molecule is CC1=CC(C)([Si](c2cccc(-c3c(C)c(C)c(C)c(C)c3C)c2)(c2cccc(-c3c(C)c(C)c(C)c(C)c3C)c2)c2cccc(-c3c(C)c(C)c(C)c(C)c3C)c2)C(C)=C1C. The van der Waals surface area contributed by atoms with Gasteiger partial charge in [0.2, 0.25) is 0 Å². The van der Waals surface area contributed by atoms with Gasteiger partial charge in [-0.2, -0.15) is 0 Å². The third kappa shape index (κ3) is 6.44. The molecule has 6 aromatic carbocycles. The summed E-state index contributed by atoms with van der Waals surface area (Å²) in [6.07, 6.45) is 2.67. The van der Waals surface area contributed by atoms with E-state index in [-0.39, 0.29) is 5.04 Å². The average Bonchev–Trinajstić information content (AvgIpc) is 3.45. The van der Waals surface area contributed by atoms with Crippen molar-refractivity contribution in [3.8, 4) is 33.4 Å². The van der Waals surface area contributed by atoms with Crippen molar-refractivity contribution < 1.29 is 0 Å². The lowest BCUT2D eigenvalue weighted by Crippen LogP contribution is -2.73. The maximum absolute atomic E-state index is 3.11. The highest BCUT2D eigenvalue weighted by molar-refractivity contribution is 7.14. The fourth-order valence-corrected chi connectivity index (χ4v) is 17.8. The Morgan fingerprint density at radius 3 is 0.803 bits per heavy atom. The number of hydrogen-bond donors (Lipinski definition) is 0. The van der Waals surface area contributed by atoms with Crippen molar-refractivity contribution in [1.82, 2.24) is 0 Å². The lowest BCUT2D eigenvalue weighted by atomic mass is 9.86. The predicted octanol–water partition coefficient (Wildman–Crippen LogP) is 14.8. The molecule has 0 aliphatic heterocycles. The fourth-order valence-electron chi connectivity index (χ4n) is 11.6. The van der Waals surface area contributed by atoms with Gasteiger partial charge in [-0.3, -0.25) is 0 Å². The summed E-state index contributed by atoms with van der Waals surface area (Å²) in [4.78, 5) is 0. The van der Waals surface area contributed by atoms with Gasteiger partial charge < -0.3 is 0 Å². The molecule has 0 fully saturated rings. The summed E-state index contributed by atoms with van der Waals surface area (Å²) in [5.41, 5.74) is 33.3. The van der Waals surface area contributed by atoms with E-state index >= 15 is 0 Å². The molecule has 0 saturated carbocycles. The Bertz CT molecular complexity index is 2530. The van der Waals surface area contributed by atoms with Gasteiger partial charge >= 0.3 is 0 Å². The van der Waals surface area contributed by atoms with Crippen LogP contribution in [0.2, 0.25) is 5.04 Å². The Labute approximate surface area is 370 Å². The van der Waals surface area contributed by atoms with Crippen LogP contribution in [-0.2, 0) is 0 Å². The van der Waals surface area contributed by atoms with Gasteiger partial charge in [-0.1, -0.05) is 96.9 Å². The molecular formula is C60H70Si. The smallest absolute Gasteiger partial charge is 0.0730 e. The second-order valence-corrected chi connectivity index (χ2v) is 23.5. The van der Waals surface area contributed by atoms with Crippen LogP contribution in [0.3, 0.4) is 0 Å². The third-order valence-electron chi connectivity index (χ3n) is 17.0. The number of allylic oxidation sites excluding steroid dienone is 4. The first kappa shape index (κ1) is 44.1. The van der Waals surface area contributed by atoms with Crippen LogP contribution in [0.15, 0.2) is 95.6 Å². The van der Waals surface area contributed by atoms with E-state index in [9.17, 15) is 0 Å². The normalized spacial score (nSPS) is 15.6. The first-order valence-corrected chi connectivity index (χ1v) is 24.5. The molecule has 0 spiro atoms. The largest absolute Gasteiger partial charge is 0.161 e. The molecule has 0 bridgehead atoms. The van der Waals surface area contributed by atoms with E-state index in [4.69, 9.17) is 0 Å². The Morgan fingerprint density at radius 2 is 0.574 bits per heavy atom. The van der Waals surface area contributed by atoms with Crippen LogP contribution in [0.5, 0.6) is 0 Å². The van der Waals surface area contributed by atoms with E-state index in [1.165, 1.54) is 149 Å². The van der Waals surface area contributed by atoms with E-state index in [0.717, 1.165) is 0 Å². The summed E-state index contributed by atoms with van der Waals surface area (Å²) in [6.45, 7) is 44.4. The standard InChI is InChI=1S/C60H70Si/c1-33-32-60(19,50(18)34(33)2)61(54-26-20-23-51(29-54)57-44(12)38(6)35(3)39(7)45(57)13,55-27-21-24-52(30-55)58-46(14)40(8)36(4)41(9)47(58)15)56-28-22-25-53(31-56)59-48(16)42(10)37(5)43(11)49(59)17/h20-32H,1-19H3. The maximum Gasteiger partial charge on any atom is 0.161 e. The minimum Gasteiger partial charge on any atom is -0.0730 e. The number of benzene rings is 6. The van der Waals surface area contributed by atoms with Crippen molar-refractivity contribution in [2.75, 3.05) is 0 Å². The van der Waals surface area contributed by atoms with Crippen molar-refractivity contribution in [1.29, 1.82) is 0 Å². The molecule has 0 nitrogen and oxygen atoms in total. The highest BCUT2D eigenvalue weighted by atomic mass is 28.3. The lowest BCUT2D eigenvalue weighted by molar-refractivity contribution is 0.870. The van der Waals surface area contributed by atoms with Gasteiger partial charge in [-0.15, -0.1) is 0 Å². The molecule has 7 rings (SSSR count). The van der Waals surface area contributed by atoms with E-state index in [2.05, 4.69) is 210 Å². The van der Waals surface area contributed by atoms with Gasteiger partial charge in [0.15, 0.2) is 8.07 Å². The summed E-state index contributed by atoms with van der Waals surface area (Å²) in [6, 6.07) is 29.6. The predicted molar refractivity (Wildman–Crippen MR) is 272 cm³/mol. The van der Waals surface area contributed by atoms with Gasteiger partial charge in [0.25, 0.3) is 0 Å². The van der Waals surface area contributed by atoms with Crippen LogP contribution in [-0.4, -0.2) is 8.07 Å². The van der Waals surface area contributed by atoms with Gasteiger partial charge in [0.1, 0.15) is 0 Å². The highest BCUT2D eigenvalue weighted by Gasteiger charge is 2.56. The molecule has 0 aromatic heterocycles. The van der Waals surface area contributed by atoms with Crippen LogP contribution >= 0.6 is 0 Å². The fraction of sp³-hybridized carbons (Fsp3) is 0.333. The first-order chi connectivity index (χ1) is 28.6. The summed E-state index contributed by atoms with van der Waals surface area (Å²) in [5, 5.41) is 4.07. The quantitative estimate of drug-likeness (QED) is 0.111. The molecule has 0 N–H and O–H groups in total.